The van der Waals surface area contributed by atoms with Crippen LogP contribution in [0.15, 0.2) is 5.38 Å². The number of likely N-dealkylation sites (tertiary alicyclic amines) is 1. The highest BCUT2D eigenvalue weighted by atomic mass is 32.1. The molecule has 1 N–H and O–H groups in total. The predicted molar refractivity (Wildman–Crippen MR) is 87.5 cm³/mol. The Kier molecular flexibility index (Phi) is 4.88. The van der Waals surface area contributed by atoms with Crippen molar-refractivity contribution in [1.82, 2.24) is 15.2 Å². The van der Waals surface area contributed by atoms with Gasteiger partial charge in [0.2, 0.25) is 0 Å². The van der Waals surface area contributed by atoms with E-state index in [4.69, 9.17) is 4.98 Å². The first kappa shape index (κ1) is 15.9. The van der Waals surface area contributed by atoms with Crippen molar-refractivity contribution in [2.45, 2.75) is 57.9 Å². The topological polar surface area (TPSA) is 28.2 Å². The Morgan fingerprint density at radius 3 is 2.75 bits per heavy atom. The van der Waals surface area contributed by atoms with Crippen molar-refractivity contribution < 1.29 is 0 Å². The number of piperidine rings is 1. The summed E-state index contributed by atoms with van der Waals surface area (Å²) in [6.45, 7) is 12.3. The second kappa shape index (κ2) is 6.12. The highest BCUT2D eigenvalue weighted by Crippen LogP contribution is 2.35. The first-order valence-electron chi connectivity index (χ1n) is 7.77. The monoisotopic (exact) mass is 295 g/mol. The molecule has 1 aromatic heterocycles. The van der Waals surface area contributed by atoms with Crippen molar-refractivity contribution in [3.05, 3.63) is 16.1 Å². The van der Waals surface area contributed by atoms with E-state index in [-0.39, 0.29) is 11.0 Å². The fourth-order valence-corrected chi connectivity index (χ4v) is 4.11. The van der Waals surface area contributed by atoms with E-state index in [1.165, 1.54) is 36.5 Å². The van der Waals surface area contributed by atoms with Crippen LogP contribution in [0.25, 0.3) is 0 Å². The van der Waals surface area contributed by atoms with E-state index in [1.54, 1.807) is 0 Å². The predicted octanol–water partition coefficient (Wildman–Crippen LogP) is 3.36. The summed E-state index contributed by atoms with van der Waals surface area (Å²) < 4.78 is 0. The van der Waals surface area contributed by atoms with Crippen LogP contribution in [-0.2, 0) is 11.0 Å². The zero-order valence-corrected chi connectivity index (χ0v) is 14.4. The van der Waals surface area contributed by atoms with Gasteiger partial charge in [-0.05, 0) is 39.4 Å². The number of thiazole rings is 1. The van der Waals surface area contributed by atoms with Gasteiger partial charge < -0.3 is 10.2 Å². The normalized spacial score (nSPS) is 25.1. The number of nitrogens with zero attached hydrogens (tertiary/aromatic N) is 2. The maximum atomic E-state index is 4.99. The fraction of sp³-hybridized carbons (Fsp3) is 0.812. The molecule has 0 amide bonds. The van der Waals surface area contributed by atoms with Gasteiger partial charge in [-0.25, -0.2) is 4.98 Å². The first-order valence-corrected chi connectivity index (χ1v) is 8.65. The summed E-state index contributed by atoms with van der Waals surface area (Å²) >= 11 is 1.83. The number of rotatable bonds is 4. The minimum atomic E-state index is 0.0666. The number of nitrogens with one attached hydrogen (secondary N) is 1. The second-order valence-electron chi connectivity index (χ2n) is 7.14. The summed E-state index contributed by atoms with van der Waals surface area (Å²) in [4.78, 5) is 7.43. The Balaban J connectivity index is 2.28. The van der Waals surface area contributed by atoms with Crippen LogP contribution in [0.5, 0.6) is 0 Å². The Labute approximate surface area is 127 Å². The van der Waals surface area contributed by atoms with E-state index < -0.39 is 0 Å². The lowest BCUT2D eigenvalue weighted by Gasteiger charge is -2.41. The first-order chi connectivity index (χ1) is 9.37. The molecule has 0 spiro atoms. The van der Waals surface area contributed by atoms with Gasteiger partial charge in [-0.15, -0.1) is 11.3 Å². The summed E-state index contributed by atoms with van der Waals surface area (Å²) in [5.74, 6) is 0. The van der Waals surface area contributed by atoms with Gasteiger partial charge in [0.15, 0.2) is 0 Å². The van der Waals surface area contributed by atoms with E-state index in [0.717, 1.165) is 13.1 Å². The van der Waals surface area contributed by atoms with Crippen LogP contribution in [0.3, 0.4) is 0 Å². The Bertz CT molecular complexity index is 435. The van der Waals surface area contributed by atoms with E-state index in [1.807, 2.05) is 11.3 Å². The molecular weight excluding hydrogens is 266 g/mol. The molecule has 1 aliphatic rings. The molecule has 1 unspecified atom stereocenters. The zero-order valence-electron chi connectivity index (χ0n) is 13.6. The molecule has 0 bridgehead atoms. The zero-order chi connectivity index (χ0) is 14.8. The molecule has 0 aliphatic carbocycles. The van der Waals surface area contributed by atoms with Crippen LogP contribution in [0.1, 0.15) is 57.7 Å². The average Bonchev–Trinajstić information content (AvgIpc) is 2.86. The van der Waals surface area contributed by atoms with Crippen LogP contribution in [0, 0.1) is 0 Å². The second-order valence-corrected chi connectivity index (χ2v) is 8.00. The number of likely N-dealkylation sites (N-methyl/N-ethyl adjacent to an activating group) is 1. The molecule has 1 atom stereocenters. The summed E-state index contributed by atoms with van der Waals surface area (Å²) in [5, 5.41) is 7.33. The average molecular weight is 295 g/mol. The van der Waals surface area contributed by atoms with Gasteiger partial charge in [-0.3, -0.25) is 0 Å². The Morgan fingerprint density at radius 1 is 1.45 bits per heavy atom. The number of hydrogen-bond acceptors (Lipinski definition) is 4. The molecule has 1 fully saturated rings. The number of hydrogen-bond donors (Lipinski definition) is 1. The van der Waals surface area contributed by atoms with Crippen molar-refractivity contribution in [3.8, 4) is 0 Å². The molecule has 4 heteroatoms. The van der Waals surface area contributed by atoms with Crippen LogP contribution in [0.4, 0.5) is 0 Å². The smallest absolute Gasteiger partial charge is 0.114 e. The minimum Gasteiger partial charge on any atom is -0.304 e. The van der Waals surface area contributed by atoms with Crippen LogP contribution < -0.4 is 5.32 Å². The van der Waals surface area contributed by atoms with Crippen molar-refractivity contribution in [3.63, 3.8) is 0 Å². The van der Waals surface area contributed by atoms with Gasteiger partial charge in [0.1, 0.15) is 5.01 Å². The van der Waals surface area contributed by atoms with Crippen LogP contribution >= 0.6 is 11.3 Å². The summed E-state index contributed by atoms with van der Waals surface area (Å²) in [6, 6.07) is 0. The largest absolute Gasteiger partial charge is 0.304 e. The molecule has 2 heterocycles. The van der Waals surface area contributed by atoms with E-state index in [2.05, 4.69) is 50.3 Å². The third kappa shape index (κ3) is 3.41. The lowest BCUT2D eigenvalue weighted by atomic mass is 9.89. The van der Waals surface area contributed by atoms with Crippen LogP contribution in [0.2, 0.25) is 0 Å². The van der Waals surface area contributed by atoms with Gasteiger partial charge in [0, 0.05) is 17.3 Å². The van der Waals surface area contributed by atoms with Crippen molar-refractivity contribution in [2.24, 2.45) is 0 Å². The van der Waals surface area contributed by atoms with E-state index >= 15 is 0 Å². The van der Waals surface area contributed by atoms with Gasteiger partial charge in [0.25, 0.3) is 0 Å². The molecule has 1 aromatic rings. The van der Waals surface area contributed by atoms with Gasteiger partial charge >= 0.3 is 0 Å². The molecule has 20 heavy (non-hydrogen) atoms. The third-order valence-corrected chi connectivity index (χ3v) is 5.12. The SMILES string of the molecule is CCCNC1(c2nc(C(C)(C)C)cs2)CCCN(C)C1. The van der Waals surface area contributed by atoms with E-state index in [9.17, 15) is 0 Å². The maximum absolute atomic E-state index is 4.99. The fourth-order valence-electron chi connectivity index (χ4n) is 2.87. The van der Waals surface area contributed by atoms with Gasteiger partial charge in [-0.1, -0.05) is 27.7 Å². The molecule has 1 saturated heterocycles. The summed E-state index contributed by atoms with van der Waals surface area (Å²) in [6.07, 6.45) is 3.62. The molecular formula is C16H29N3S. The van der Waals surface area contributed by atoms with Gasteiger partial charge in [-0.2, -0.15) is 0 Å². The quantitative estimate of drug-likeness (QED) is 0.923. The summed E-state index contributed by atoms with van der Waals surface area (Å²) in [5.41, 5.74) is 1.43. The maximum Gasteiger partial charge on any atom is 0.114 e. The van der Waals surface area contributed by atoms with Gasteiger partial charge in [0.05, 0.1) is 11.2 Å². The molecule has 0 aromatic carbocycles. The van der Waals surface area contributed by atoms with Crippen molar-refractivity contribution in [2.75, 3.05) is 26.7 Å². The molecule has 2 rings (SSSR count). The van der Waals surface area contributed by atoms with Crippen molar-refractivity contribution >= 4 is 11.3 Å². The highest BCUT2D eigenvalue weighted by molar-refractivity contribution is 7.09. The summed E-state index contributed by atoms with van der Waals surface area (Å²) in [7, 11) is 2.22. The van der Waals surface area contributed by atoms with Crippen molar-refractivity contribution in [1.29, 1.82) is 0 Å². The molecule has 1 aliphatic heterocycles. The molecule has 0 saturated carbocycles. The highest BCUT2D eigenvalue weighted by Gasteiger charge is 2.38. The standard InChI is InChI=1S/C16H29N3S/c1-6-9-17-16(8-7-10-19(5)12-16)14-18-13(11-20-14)15(2,3)4/h11,17H,6-10,12H2,1-5H3. The molecule has 0 radical (unpaired) electrons. The lowest BCUT2D eigenvalue weighted by molar-refractivity contribution is 0.143. The third-order valence-electron chi connectivity index (χ3n) is 4.08. The lowest BCUT2D eigenvalue weighted by Crippen LogP contribution is -2.53. The minimum absolute atomic E-state index is 0.0666. The Hall–Kier alpha value is -0.450. The van der Waals surface area contributed by atoms with Crippen LogP contribution in [-0.4, -0.2) is 36.6 Å². The molecule has 114 valence electrons. The molecule has 3 nitrogen and oxygen atoms in total. The van der Waals surface area contributed by atoms with E-state index in [0.29, 0.717) is 0 Å². The number of aromatic nitrogens is 1. The Morgan fingerprint density at radius 2 is 2.20 bits per heavy atom.